The van der Waals surface area contributed by atoms with Crippen molar-refractivity contribution in [3.63, 3.8) is 0 Å². The van der Waals surface area contributed by atoms with Gasteiger partial charge in [0.15, 0.2) is 0 Å². The second kappa shape index (κ2) is 10.5. The predicted molar refractivity (Wildman–Crippen MR) is 96.9 cm³/mol. The van der Waals surface area contributed by atoms with Crippen molar-refractivity contribution in [3.8, 4) is 5.75 Å². The maximum absolute atomic E-state index is 5.77. The van der Waals surface area contributed by atoms with Crippen LogP contribution in [0.4, 0.5) is 5.69 Å². The zero-order chi connectivity index (χ0) is 16.3. The van der Waals surface area contributed by atoms with E-state index in [9.17, 15) is 0 Å². The van der Waals surface area contributed by atoms with E-state index in [1.807, 2.05) is 12.1 Å². The Hall–Kier alpha value is -1.22. The fraction of sp³-hybridized carbons (Fsp3) is 0.684. The van der Waals surface area contributed by atoms with Crippen LogP contribution in [-0.2, 0) is 0 Å². The van der Waals surface area contributed by atoms with E-state index in [1.165, 1.54) is 25.7 Å². The normalized spacial score (nSPS) is 11.5. The second-order valence-electron chi connectivity index (χ2n) is 6.89. The van der Waals surface area contributed by atoms with Crippen LogP contribution in [0.5, 0.6) is 5.75 Å². The summed E-state index contributed by atoms with van der Waals surface area (Å²) in [6.07, 6.45) is 6.38. The molecule has 0 heterocycles. The first-order chi connectivity index (χ1) is 10.5. The van der Waals surface area contributed by atoms with Gasteiger partial charge in [-0.1, -0.05) is 32.6 Å². The van der Waals surface area contributed by atoms with Gasteiger partial charge in [-0.25, -0.2) is 0 Å². The third-order valence-corrected chi connectivity index (χ3v) is 3.48. The van der Waals surface area contributed by atoms with Crippen molar-refractivity contribution in [2.45, 2.75) is 65.3 Å². The van der Waals surface area contributed by atoms with Gasteiger partial charge in [0.1, 0.15) is 5.75 Å². The molecule has 1 rings (SSSR count). The summed E-state index contributed by atoms with van der Waals surface area (Å²) in [5.41, 5.74) is 1.32. The fourth-order valence-corrected chi connectivity index (χ4v) is 2.21. The van der Waals surface area contributed by atoms with E-state index in [2.05, 4.69) is 50.5 Å². The number of rotatable bonds is 11. The van der Waals surface area contributed by atoms with Gasteiger partial charge in [-0.15, -0.1) is 0 Å². The molecule has 0 amide bonds. The molecular weight excluding hydrogens is 272 g/mol. The Balaban J connectivity index is 2.14. The van der Waals surface area contributed by atoms with Crippen LogP contribution in [0, 0.1) is 0 Å². The van der Waals surface area contributed by atoms with E-state index in [-0.39, 0.29) is 5.54 Å². The quantitative estimate of drug-likeness (QED) is 0.574. The molecule has 0 unspecified atom stereocenters. The van der Waals surface area contributed by atoms with Gasteiger partial charge >= 0.3 is 0 Å². The van der Waals surface area contributed by atoms with Crippen molar-refractivity contribution in [2.75, 3.05) is 25.0 Å². The first-order valence-corrected chi connectivity index (χ1v) is 8.73. The topological polar surface area (TPSA) is 33.3 Å². The second-order valence-corrected chi connectivity index (χ2v) is 6.89. The molecule has 0 atom stereocenters. The van der Waals surface area contributed by atoms with Crippen LogP contribution in [-0.4, -0.2) is 25.2 Å². The van der Waals surface area contributed by atoms with Crippen molar-refractivity contribution in [2.24, 2.45) is 0 Å². The van der Waals surface area contributed by atoms with Crippen LogP contribution >= 0.6 is 0 Å². The molecule has 1 aromatic rings. The van der Waals surface area contributed by atoms with E-state index in [4.69, 9.17) is 4.74 Å². The summed E-state index contributed by atoms with van der Waals surface area (Å²) in [5.74, 6) is 0.967. The maximum Gasteiger partial charge on any atom is 0.119 e. The highest BCUT2D eigenvalue weighted by atomic mass is 16.5. The van der Waals surface area contributed by atoms with Gasteiger partial charge in [-0.3, -0.25) is 0 Å². The smallest absolute Gasteiger partial charge is 0.119 e. The Bertz CT molecular complexity index is 381. The van der Waals surface area contributed by atoms with Crippen LogP contribution in [0.15, 0.2) is 24.3 Å². The van der Waals surface area contributed by atoms with Crippen LogP contribution < -0.4 is 15.4 Å². The molecule has 0 aliphatic heterocycles. The average molecular weight is 306 g/mol. The van der Waals surface area contributed by atoms with E-state index in [1.54, 1.807) is 0 Å². The summed E-state index contributed by atoms with van der Waals surface area (Å²) < 4.78 is 5.77. The molecule has 0 saturated carbocycles. The van der Waals surface area contributed by atoms with E-state index in [0.29, 0.717) is 0 Å². The summed E-state index contributed by atoms with van der Waals surface area (Å²) in [5, 5.41) is 6.88. The molecule has 0 aromatic heterocycles. The minimum absolute atomic E-state index is 0.177. The van der Waals surface area contributed by atoms with Gasteiger partial charge in [0.25, 0.3) is 0 Å². The average Bonchev–Trinajstić information content (AvgIpc) is 2.48. The van der Waals surface area contributed by atoms with Crippen LogP contribution in [0.2, 0.25) is 0 Å². The van der Waals surface area contributed by atoms with E-state index in [0.717, 1.165) is 37.6 Å². The molecule has 126 valence electrons. The van der Waals surface area contributed by atoms with Crippen LogP contribution in [0.1, 0.15) is 59.8 Å². The van der Waals surface area contributed by atoms with Gasteiger partial charge < -0.3 is 15.4 Å². The van der Waals surface area contributed by atoms with Crippen molar-refractivity contribution >= 4 is 5.69 Å². The molecule has 0 saturated heterocycles. The number of benzene rings is 1. The Morgan fingerprint density at radius 1 is 0.909 bits per heavy atom. The van der Waals surface area contributed by atoms with Gasteiger partial charge in [0, 0.05) is 24.3 Å². The lowest BCUT2D eigenvalue weighted by atomic mass is 10.1. The molecule has 3 nitrogen and oxygen atoms in total. The Morgan fingerprint density at radius 2 is 1.59 bits per heavy atom. The summed E-state index contributed by atoms with van der Waals surface area (Å²) in [4.78, 5) is 0. The first kappa shape index (κ1) is 18.8. The molecule has 1 aromatic carbocycles. The van der Waals surface area contributed by atoms with E-state index < -0.39 is 0 Å². The summed E-state index contributed by atoms with van der Waals surface area (Å²) in [6.45, 7) is 11.5. The van der Waals surface area contributed by atoms with Gasteiger partial charge in [-0.2, -0.15) is 0 Å². The number of unbranched alkanes of at least 4 members (excludes halogenated alkanes) is 4. The lowest BCUT2D eigenvalue weighted by Crippen LogP contribution is -2.38. The number of nitrogens with one attached hydrogen (secondary N) is 2. The Morgan fingerprint density at radius 3 is 2.23 bits per heavy atom. The Labute approximate surface area is 136 Å². The SMILES string of the molecule is CCCCCCCOc1ccc(NCCNC(C)(C)C)cc1. The van der Waals surface area contributed by atoms with Gasteiger partial charge in [-0.05, 0) is 51.5 Å². The molecule has 22 heavy (non-hydrogen) atoms. The van der Waals surface area contributed by atoms with Crippen molar-refractivity contribution < 1.29 is 4.74 Å². The monoisotopic (exact) mass is 306 g/mol. The predicted octanol–water partition coefficient (Wildman–Crippen LogP) is 4.84. The highest BCUT2D eigenvalue weighted by molar-refractivity contribution is 5.46. The number of ether oxygens (including phenoxy) is 1. The lowest BCUT2D eigenvalue weighted by molar-refractivity contribution is 0.304. The number of hydrogen-bond donors (Lipinski definition) is 2. The maximum atomic E-state index is 5.77. The largest absolute Gasteiger partial charge is 0.494 e. The lowest BCUT2D eigenvalue weighted by Gasteiger charge is -2.20. The first-order valence-electron chi connectivity index (χ1n) is 8.73. The van der Waals surface area contributed by atoms with Crippen molar-refractivity contribution in [1.82, 2.24) is 5.32 Å². The molecule has 0 bridgehead atoms. The molecule has 0 fully saturated rings. The van der Waals surface area contributed by atoms with Gasteiger partial charge in [0.2, 0.25) is 0 Å². The van der Waals surface area contributed by atoms with Gasteiger partial charge in [0.05, 0.1) is 6.61 Å². The highest BCUT2D eigenvalue weighted by Crippen LogP contribution is 2.16. The molecule has 3 heteroatoms. The summed E-state index contributed by atoms with van der Waals surface area (Å²) in [6, 6.07) is 8.27. The highest BCUT2D eigenvalue weighted by Gasteiger charge is 2.06. The zero-order valence-corrected chi connectivity index (χ0v) is 14.9. The minimum Gasteiger partial charge on any atom is -0.494 e. The third-order valence-electron chi connectivity index (χ3n) is 3.48. The third kappa shape index (κ3) is 9.67. The fourth-order valence-electron chi connectivity index (χ4n) is 2.21. The van der Waals surface area contributed by atoms with Crippen LogP contribution in [0.3, 0.4) is 0 Å². The molecule has 0 aliphatic rings. The molecule has 0 radical (unpaired) electrons. The standard InChI is InChI=1S/C19H34N2O/c1-5-6-7-8-9-16-22-18-12-10-17(11-13-18)20-14-15-21-19(2,3)4/h10-13,20-21H,5-9,14-16H2,1-4H3. The molecular formula is C19H34N2O. The van der Waals surface area contributed by atoms with Crippen LogP contribution in [0.25, 0.3) is 0 Å². The van der Waals surface area contributed by atoms with Crippen molar-refractivity contribution in [1.29, 1.82) is 0 Å². The Kier molecular flexibility index (Phi) is 8.98. The molecule has 0 aliphatic carbocycles. The number of hydrogen-bond acceptors (Lipinski definition) is 3. The summed E-state index contributed by atoms with van der Waals surface area (Å²) >= 11 is 0. The molecule has 2 N–H and O–H groups in total. The minimum atomic E-state index is 0.177. The molecule has 0 spiro atoms. The van der Waals surface area contributed by atoms with Crippen molar-refractivity contribution in [3.05, 3.63) is 24.3 Å². The number of anilines is 1. The zero-order valence-electron chi connectivity index (χ0n) is 14.9. The van der Waals surface area contributed by atoms with E-state index >= 15 is 0 Å². The summed E-state index contributed by atoms with van der Waals surface area (Å²) in [7, 11) is 0.